The van der Waals surface area contributed by atoms with Gasteiger partial charge in [-0.3, -0.25) is 14.4 Å². The number of carboxylic acids is 1. The third-order valence-electron chi connectivity index (χ3n) is 3.68. The normalized spacial score (nSPS) is 22.9. The number of rotatable bonds is 6. The fourth-order valence-electron chi connectivity index (χ4n) is 2.55. The highest BCUT2D eigenvalue weighted by atomic mass is 16.5. The van der Waals surface area contributed by atoms with Gasteiger partial charge in [0.05, 0.1) is 19.3 Å². The van der Waals surface area contributed by atoms with E-state index in [0.29, 0.717) is 6.54 Å². The number of carboxylic acid groups (broad SMARTS) is 1. The Hall–Kier alpha value is -1.63. The first kappa shape index (κ1) is 17.4. The SMILES string of the molecule is CCN(C(=O)C(NC(C)=O)C(C)C)C1COCC1C(=O)O. The van der Waals surface area contributed by atoms with Crippen LogP contribution in [0.25, 0.3) is 0 Å². The predicted octanol–water partition coefficient (Wildman–Crippen LogP) is 0.0952. The Balaban J connectivity index is 2.93. The predicted molar refractivity (Wildman–Crippen MR) is 75.6 cm³/mol. The van der Waals surface area contributed by atoms with Gasteiger partial charge >= 0.3 is 5.97 Å². The van der Waals surface area contributed by atoms with Gasteiger partial charge in [-0.1, -0.05) is 13.8 Å². The summed E-state index contributed by atoms with van der Waals surface area (Å²) < 4.78 is 5.22. The lowest BCUT2D eigenvalue weighted by molar-refractivity contribution is -0.146. The van der Waals surface area contributed by atoms with Crippen LogP contribution >= 0.6 is 0 Å². The molecule has 1 fully saturated rings. The summed E-state index contributed by atoms with van der Waals surface area (Å²) in [5.74, 6) is -2.32. The van der Waals surface area contributed by atoms with Crippen molar-refractivity contribution in [1.29, 1.82) is 0 Å². The lowest BCUT2D eigenvalue weighted by atomic mass is 9.98. The fourth-order valence-corrected chi connectivity index (χ4v) is 2.55. The molecule has 0 spiro atoms. The van der Waals surface area contributed by atoms with Gasteiger partial charge < -0.3 is 20.1 Å². The summed E-state index contributed by atoms with van der Waals surface area (Å²) in [6.45, 7) is 7.52. The molecular weight excluding hydrogens is 276 g/mol. The third-order valence-corrected chi connectivity index (χ3v) is 3.68. The summed E-state index contributed by atoms with van der Waals surface area (Å²) >= 11 is 0. The van der Waals surface area contributed by atoms with Crippen molar-refractivity contribution in [2.45, 2.75) is 39.8 Å². The summed E-state index contributed by atoms with van der Waals surface area (Å²) in [7, 11) is 0. The first-order valence-electron chi connectivity index (χ1n) is 7.17. The number of nitrogens with zero attached hydrogens (tertiary/aromatic N) is 1. The first-order chi connectivity index (χ1) is 9.79. The Kier molecular flexibility index (Phi) is 6.14. The molecule has 120 valence electrons. The number of aliphatic carboxylic acids is 1. The van der Waals surface area contributed by atoms with Crippen LogP contribution < -0.4 is 5.32 Å². The van der Waals surface area contributed by atoms with Crippen LogP contribution in [-0.4, -0.2) is 59.6 Å². The molecule has 3 unspecified atom stereocenters. The lowest BCUT2D eigenvalue weighted by Gasteiger charge is -2.34. The molecule has 1 saturated heterocycles. The Morgan fingerprint density at radius 1 is 1.33 bits per heavy atom. The Morgan fingerprint density at radius 2 is 1.95 bits per heavy atom. The van der Waals surface area contributed by atoms with Gasteiger partial charge in [-0.15, -0.1) is 0 Å². The number of likely N-dealkylation sites (N-methyl/N-ethyl adjacent to an activating group) is 1. The van der Waals surface area contributed by atoms with Gasteiger partial charge in [0, 0.05) is 13.5 Å². The smallest absolute Gasteiger partial charge is 0.311 e. The average Bonchev–Trinajstić information content (AvgIpc) is 2.85. The maximum Gasteiger partial charge on any atom is 0.311 e. The van der Waals surface area contributed by atoms with Gasteiger partial charge in [0.1, 0.15) is 12.0 Å². The molecule has 0 aromatic carbocycles. The molecule has 0 bridgehead atoms. The minimum Gasteiger partial charge on any atom is -0.481 e. The standard InChI is InChI=1S/C14H24N2O5/c1-5-16(11-7-21-6-10(11)14(19)20)13(18)12(8(2)3)15-9(4)17/h8,10-12H,5-7H2,1-4H3,(H,15,17)(H,19,20). The van der Waals surface area contributed by atoms with E-state index in [1.807, 2.05) is 13.8 Å². The van der Waals surface area contributed by atoms with Crippen LogP contribution in [0.15, 0.2) is 0 Å². The number of hydrogen-bond acceptors (Lipinski definition) is 4. The molecule has 7 nitrogen and oxygen atoms in total. The Labute approximate surface area is 124 Å². The number of hydrogen-bond donors (Lipinski definition) is 2. The van der Waals surface area contributed by atoms with Gasteiger partial charge in [0.25, 0.3) is 0 Å². The molecule has 1 heterocycles. The zero-order valence-electron chi connectivity index (χ0n) is 13.0. The van der Waals surface area contributed by atoms with Crippen molar-refractivity contribution in [3.05, 3.63) is 0 Å². The molecule has 0 aromatic heterocycles. The maximum atomic E-state index is 12.7. The summed E-state index contributed by atoms with van der Waals surface area (Å²) in [4.78, 5) is 36.7. The highest BCUT2D eigenvalue weighted by Gasteiger charge is 2.41. The second-order valence-electron chi connectivity index (χ2n) is 5.60. The number of amides is 2. The molecule has 1 aliphatic heterocycles. The Morgan fingerprint density at radius 3 is 2.38 bits per heavy atom. The minimum atomic E-state index is -0.968. The summed E-state index contributed by atoms with van der Waals surface area (Å²) in [6, 6.07) is -1.15. The molecule has 2 N–H and O–H groups in total. The molecule has 1 rings (SSSR count). The zero-order valence-corrected chi connectivity index (χ0v) is 13.0. The van der Waals surface area contributed by atoms with E-state index in [9.17, 15) is 19.5 Å². The summed E-state index contributed by atoms with van der Waals surface area (Å²) in [5.41, 5.74) is 0. The van der Waals surface area contributed by atoms with Crippen molar-refractivity contribution in [2.75, 3.05) is 19.8 Å². The topological polar surface area (TPSA) is 95.9 Å². The van der Waals surface area contributed by atoms with E-state index in [4.69, 9.17) is 4.74 Å². The van der Waals surface area contributed by atoms with Crippen LogP contribution in [0.5, 0.6) is 0 Å². The summed E-state index contributed by atoms with van der Waals surface area (Å²) in [6.07, 6.45) is 0. The van der Waals surface area contributed by atoms with Crippen molar-refractivity contribution in [3.63, 3.8) is 0 Å². The van der Waals surface area contributed by atoms with Crippen LogP contribution in [0, 0.1) is 11.8 Å². The number of carbonyl (C=O) groups is 3. The number of nitrogens with one attached hydrogen (secondary N) is 1. The van der Waals surface area contributed by atoms with Crippen LogP contribution in [0.3, 0.4) is 0 Å². The third kappa shape index (κ3) is 4.17. The van der Waals surface area contributed by atoms with Gasteiger partial charge in [-0.25, -0.2) is 0 Å². The molecule has 21 heavy (non-hydrogen) atoms. The van der Waals surface area contributed by atoms with Crippen molar-refractivity contribution >= 4 is 17.8 Å². The molecule has 7 heteroatoms. The maximum absolute atomic E-state index is 12.7. The molecule has 0 aliphatic carbocycles. The highest BCUT2D eigenvalue weighted by molar-refractivity contribution is 5.87. The van der Waals surface area contributed by atoms with E-state index in [0.717, 1.165) is 0 Å². The van der Waals surface area contributed by atoms with E-state index in [1.54, 1.807) is 6.92 Å². The van der Waals surface area contributed by atoms with E-state index < -0.39 is 24.0 Å². The molecule has 2 amide bonds. The quantitative estimate of drug-likeness (QED) is 0.725. The van der Waals surface area contributed by atoms with Crippen LogP contribution in [0.4, 0.5) is 0 Å². The molecule has 1 aliphatic rings. The molecule has 0 saturated carbocycles. The average molecular weight is 300 g/mol. The van der Waals surface area contributed by atoms with Gasteiger partial charge in [0.15, 0.2) is 0 Å². The molecular formula is C14H24N2O5. The van der Waals surface area contributed by atoms with Crippen LogP contribution in [-0.2, 0) is 19.1 Å². The van der Waals surface area contributed by atoms with E-state index >= 15 is 0 Å². The molecule has 0 radical (unpaired) electrons. The van der Waals surface area contributed by atoms with Crippen molar-refractivity contribution in [1.82, 2.24) is 10.2 Å². The van der Waals surface area contributed by atoms with Crippen molar-refractivity contribution in [2.24, 2.45) is 11.8 Å². The van der Waals surface area contributed by atoms with Gasteiger partial charge in [0.2, 0.25) is 11.8 Å². The fraction of sp³-hybridized carbons (Fsp3) is 0.786. The van der Waals surface area contributed by atoms with Crippen LogP contribution in [0.2, 0.25) is 0 Å². The largest absolute Gasteiger partial charge is 0.481 e. The van der Waals surface area contributed by atoms with Crippen LogP contribution in [0.1, 0.15) is 27.7 Å². The van der Waals surface area contributed by atoms with Gasteiger partial charge in [-0.2, -0.15) is 0 Å². The first-order valence-corrected chi connectivity index (χ1v) is 7.17. The monoisotopic (exact) mass is 300 g/mol. The van der Waals surface area contributed by atoms with E-state index in [-0.39, 0.29) is 30.9 Å². The Bertz CT molecular complexity index is 410. The second kappa shape index (κ2) is 7.40. The molecule has 3 atom stereocenters. The second-order valence-corrected chi connectivity index (χ2v) is 5.60. The highest BCUT2D eigenvalue weighted by Crippen LogP contribution is 2.22. The summed E-state index contributed by atoms with van der Waals surface area (Å²) in [5, 5.41) is 11.9. The lowest BCUT2D eigenvalue weighted by Crippen LogP contribution is -2.55. The molecule has 0 aromatic rings. The van der Waals surface area contributed by atoms with Crippen molar-refractivity contribution < 1.29 is 24.2 Å². The number of carbonyl (C=O) groups excluding carboxylic acids is 2. The van der Waals surface area contributed by atoms with E-state index in [2.05, 4.69) is 5.32 Å². The zero-order chi connectivity index (χ0) is 16.2. The van der Waals surface area contributed by atoms with Gasteiger partial charge in [-0.05, 0) is 12.8 Å². The van der Waals surface area contributed by atoms with Crippen molar-refractivity contribution in [3.8, 4) is 0 Å². The minimum absolute atomic E-state index is 0.0824. The van der Waals surface area contributed by atoms with E-state index in [1.165, 1.54) is 11.8 Å². The number of ether oxygens (including phenoxy) is 1.